The monoisotopic (exact) mass is 399 g/mol. The summed E-state index contributed by atoms with van der Waals surface area (Å²) in [7, 11) is 1.66. The molecule has 1 aromatic heterocycles. The van der Waals surface area contributed by atoms with E-state index >= 15 is 0 Å². The van der Waals surface area contributed by atoms with Gasteiger partial charge in [-0.2, -0.15) is 0 Å². The predicted molar refractivity (Wildman–Crippen MR) is 115 cm³/mol. The molecule has 29 heavy (non-hydrogen) atoms. The molecule has 1 aliphatic rings. The fourth-order valence-electron chi connectivity index (χ4n) is 3.92. The Morgan fingerprint density at radius 1 is 1.31 bits per heavy atom. The van der Waals surface area contributed by atoms with Gasteiger partial charge in [0.15, 0.2) is 0 Å². The van der Waals surface area contributed by atoms with Gasteiger partial charge in [0.25, 0.3) is 0 Å². The third kappa shape index (κ3) is 4.99. The molecule has 3 rings (SSSR count). The summed E-state index contributed by atoms with van der Waals surface area (Å²) in [6, 6.07) is 10.5. The topological polar surface area (TPSA) is 58.8 Å². The molecular formula is C23H33N3O3. The highest BCUT2D eigenvalue weighted by Crippen LogP contribution is 2.35. The zero-order valence-electron chi connectivity index (χ0n) is 18.1. The lowest BCUT2D eigenvalue weighted by Gasteiger charge is -2.34. The van der Waals surface area contributed by atoms with Crippen LogP contribution in [0.15, 0.2) is 34.9 Å². The summed E-state index contributed by atoms with van der Waals surface area (Å²) in [5.74, 6) is 0.833. The van der Waals surface area contributed by atoms with Crippen molar-refractivity contribution in [1.29, 1.82) is 0 Å². The molecular weight excluding hydrogens is 366 g/mol. The number of carbonyl (C=O) groups excluding carboxylic acids is 1. The minimum atomic E-state index is -0.0794. The van der Waals surface area contributed by atoms with Crippen molar-refractivity contribution in [3.8, 4) is 11.3 Å². The molecule has 158 valence electrons. The number of aromatic nitrogens is 1. The second kappa shape index (κ2) is 9.92. The molecule has 1 aromatic carbocycles. The highest BCUT2D eigenvalue weighted by atomic mass is 16.5. The molecule has 0 spiro atoms. The number of rotatable bonds is 8. The van der Waals surface area contributed by atoms with E-state index in [1.54, 1.807) is 7.11 Å². The molecule has 0 radical (unpaired) electrons. The standard InChI is InChI=1S/C23H33N3O3/c1-17(2)22(27)25(14-15-28-4)16-20-21(19-11-6-5-7-12-19)24-29-23(20)26-13-9-8-10-18(26)3/h5-7,11-12,17-18H,8-10,13-16H2,1-4H3/t18-/m1/s1. The number of hydrogen-bond donors (Lipinski definition) is 0. The van der Waals surface area contributed by atoms with Crippen molar-refractivity contribution < 1.29 is 14.1 Å². The number of ether oxygens (including phenoxy) is 1. The summed E-state index contributed by atoms with van der Waals surface area (Å²) in [5, 5.41) is 4.45. The molecule has 1 saturated heterocycles. The Bertz CT molecular complexity index is 788. The Kier molecular flexibility index (Phi) is 7.31. The molecule has 1 aliphatic heterocycles. The average molecular weight is 400 g/mol. The SMILES string of the molecule is COCCN(Cc1c(-c2ccccc2)noc1N1CCCC[C@H]1C)C(=O)C(C)C. The van der Waals surface area contributed by atoms with Gasteiger partial charge < -0.3 is 19.1 Å². The van der Waals surface area contributed by atoms with E-state index in [0.717, 1.165) is 42.1 Å². The summed E-state index contributed by atoms with van der Waals surface area (Å²) in [6.07, 6.45) is 3.51. The van der Waals surface area contributed by atoms with Crippen molar-refractivity contribution in [2.75, 3.05) is 31.7 Å². The summed E-state index contributed by atoms with van der Waals surface area (Å²) >= 11 is 0. The van der Waals surface area contributed by atoms with Crippen LogP contribution in [0.5, 0.6) is 0 Å². The Hall–Kier alpha value is -2.34. The van der Waals surface area contributed by atoms with Crippen LogP contribution in [-0.4, -0.2) is 48.8 Å². The van der Waals surface area contributed by atoms with Crippen LogP contribution in [0.4, 0.5) is 5.88 Å². The van der Waals surface area contributed by atoms with Gasteiger partial charge in [0.1, 0.15) is 5.69 Å². The van der Waals surface area contributed by atoms with E-state index in [-0.39, 0.29) is 11.8 Å². The summed E-state index contributed by atoms with van der Waals surface area (Å²) in [4.78, 5) is 17.1. The van der Waals surface area contributed by atoms with Gasteiger partial charge in [-0.3, -0.25) is 4.79 Å². The first kappa shape index (κ1) is 21.4. The highest BCUT2D eigenvalue weighted by molar-refractivity contribution is 5.79. The zero-order chi connectivity index (χ0) is 20.8. The third-order valence-corrected chi connectivity index (χ3v) is 5.60. The fraction of sp³-hybridized carbons (Fsp3) is 0.565. The van der Waals surface area contributed by atoms with Gasteiger partial charge in [0, 0.05) is 37.7 Å². The van der Waals surface area contributed by atoms with Gasteiger partial charge in [-0.1, -0.05) is 49.3 Å². The van der Waals surface area contributed by atoms with Crippen molar-refractivity contribution in [3.05, 3.63) is 35.9 Å². The van der Waals surface area contributed by atoms with E-state index in [2.05, 4.69) is 17.0 Å². The maximum atomic E-state index is 12.9. The summed E-state index contributed by atoms with van der Waals surface area (Å²) < 4.78 is 11.2. The number of anilines is 1. The number of hydrogen-bond acceptors (Lipinski definition) is 5. The van der Waals surface area contributed by atoms with Crippen LogP contribution in [0, 0.1) is 5.92 Å². The third-order valence-electron chi connectivity index (χ3n) is 5.60. The average Bonchev–Trinajstić information content (AvgIpc) is 3.14. The van der Waals surface area contributed by atoms with Gasteiger partial charge in [0.05, 0.1) is 18.7 Å². The highest BCUT2D eigenvalue weighted by Gasteiger charge is 2.30. The minimum Gasteiger partial charge on any atom is -0.383 e. The van der Waals surface area contributed by atoms with Crippen molar-refractivity contribution in [1.82, 2.24) is 10.1 Å². The van der Waals surface area contributed by atoms with Gasteiger partial charge in [-0.05, 0) is 26.2 Å². The molecule has 2 aromatic rings. The first-order valence-corrected chi connectivity index (χ1v) is 10.6. The second-order valence-electron chi connectivity index (χ2n) is 8.13. The fourth-order valence-corrected chi connectivity index (χ4v) is 3.92. The molecule has 6 nitrogen and oxygen atoms in total. The van der Waals surface area contributed by atoms with Crippen molar-refractivity contribution in [3.63, 3.8) is 0 Å². The van der Waals surface area contributed by atoms with E-state index in [9.17, 15) is 4.79 Å². The zero-order valence-corrected chi connectivity index (χ0v) is 18.1. The Morgan fingerprint density at radius 3 is 2.72 bits per heavy atom. The van der Waals surface area contributed by atoms with Gasteiger partial charge in [-0.25, -0.2) is 0 Å². The van der Waals surface area contributed by atoms with Crippen molar-refractivity contribution in [2.24, 2.45) is 5.92 Å². The van der Waals surface area contributed by atoms with Crippen LogP contribution in [0.3, 0.4) is 0 Å². The second-order valence-corrected chi connectivity index (χ2v) is 8.13. The number of methoxy groups -OCH3 is 1. The molecule has 6 heteroatoms. The quantitative estimate of drug-likeness (QED) is 0.660. The summed E-state index contributed by atoms with van der Waals surface area (Å²) in [5.41, 5.74) is 2.80. The smallest absolute Gasteiger partial charge is 0.233 e. The molecule has 0 saturated carbocycles. The van der Waals surface area contributed by atoms with Crippen LogP contribution in [0.2, 0.25) is 0 Å². The number of nitrogens with zero attached hydrogens (tertiary/aromatic N) is 3. The van der Waals surface area contributed by atoms with E-state index in [0.29, 0.717) is 25.7 Å². The number of piperidine rings is 1. The van der Waals surface area contributed by atoms with E-state index in [1.165, 1.54) is 6.42 Å². The maximum Gasteiger partial charge on any atom is 0.233 e. The van der Waals surface area contributed by atoms with Crippen LogP contribution in [-0.2, 0) is 16.1 Å². The van der Waals surface area contributed by atoms with E-state index in [4.69, 9.17) is 9.26 Å². The molecule has 1 amide bonds. The Morgan fingerprint density at radius 2 is 2.07 bits per heavy atom. The van der Waals surface area contributed by atoms with Crippen LogP contribution in [0.1, 0.15) is 45.6 Å². The number of benzene rings is 1. The molecule has 0 unspecified atom stereocenters. The molecule has 0 N–H and O–H groups in total. The number of carbonyl (C=O) groups is 1. The van der Waals surface area contributed by atoms with E-state index < -0.39 is 0 Å². The van der Waals surface area contributed by atoms with Crippen LogP contribution < -0.4 is 4.90 Å². The van der Waals surface area contributed by atoms with Crippen molar-refractivity contribution in [2.45, 2.75) is 52.6 Å². The van der Waals surface area contributed by atoms with Crippen LogP contribution in [0.25, 0.3) is 11.3 Å². The lowest BCUT2D eigenvalue weighted by Crippen LogP contribution is -2.39. The van der Waals surface area contributed by atoms with Gasteiger partial charge >= 0.3 is 0 Å². The van der Waals surface area contributed by atoms with Gasteiger partial charge in [0.2, 0.25) is 11.8 Å². The molecule has 1 atom stereocenters. The molecule has 1 fully saturated rings. The first-order valence-electron chi connectivity index (χ1n) is 10.6. The molecule has 0 aliphatic carbocycles. The van der Waals surface area contributed by atoms with Crippen molar-refractivity contribution >= 4 is 11.8 Å². The predicted octanol–water partition coefficient (Wildman–Crippen LogP) is 4.35. The lowest BCUT2D eigenvalue weighted by atomic mass is 10.0. The van der Waals surface area contributed by atoms with E-state index in [1.807, 2.05) is 49.1 Å². The molecule has 0 bridgehead atoms. The minimum absolute atomic E-state index is 0.0794. The van der Waals surface area contributed by atoms with Gasteiger partial charge in [-0.15, -0.1) is 0 Å². The maximum absolute atomic E-state index is 12.9. The normalized spacial score (nSPS) is 17.0. The lowest BCUT2D eigenvalue weighted by molar-refractivity contribution is -0.135. The first-order chi connectivity index (χ1) is 14.0. The molecule has 2 heterocycles. The Balaban J connectivity index is 2.00. The largest absolute Gasteiger partial charge is 0.383 e. The summed E-state index contributed by atoms with van der Waals surface area (Å²) in [6.45, 7) is 8.56. The van der Waals surface area contributed by atoms with Crippen LogP contribution >= 0.6 is 0 Å². The number of amides is 1. The Labute approximate surface area is 173 Å².